The maximum atomic E-state index is 13.7. The number of likely N-dealkylation sites (N-methyl/N-ethyl adjacent to an activating group) is 1. The summed E-state index contributed by atoms with van der Waals surface area (Å²) in [4.78, 5) is 33.2. The number of anilines is 1. The molecule has 1 atom stereocenters. The number of hydrogen-bond donors (Lipinski definition) is 1. The van der Waals surface area contributed by atoms with Gasteiger partial charge in [-0.3, -0.25) is 9.69 Å². The molecule has 2 aromatic carbocycles. The molecule has 40 heavy (non-hydrogen) atoms. The van der Waals surface area contributed by atoms with E-state index in [1.165, 1.54) is 12.7 Å². The summed E-state index contributed by atoms with van der Waals surface area (Å²) in [7, 11) is 3.20. The second-order valence-corrected chi connectivity index (χ2v) is 10.00. The quantitative estimate of drug-likeness (QED) is 0.382. The van der Waals surface area contributed by atoms with Gasteiger partial charge in [0.1, 0.15) is 6.26 Å². The Morgan fingerprint density at radius 2 is 1.95 bits per heavy atom. The summed E-state index contributed by atoms with van der Waals surface area (Å²) in [5, 5.41) is 6.12. The van der Waals surface area contributed by atoms with Crippen LogP contribution < -0.4 is 20.3 Å². The van der Waals surface area contributed by atoms with Gasteiger partial charge in [-0.2, -0.15) is 4.98 Å². The van der Waals surface area contributed by atoms with Crippen LogP contribution in [0.1, 0.15) is 5.56 Å². The Kier molecular flexibility index (Phi) is 7.02. The maximum Gasteiger partial charge on any atom is 0.319 e. The number of ether oxygens (including phenoxy) is 1. The summed E-state index contributed by atoms with van der Waals surface area (Å²) in [5.41, 5.74) is 2.16. The van der Waals surface area contributed by atoms with Crippen molar-refractivity contribution < 1.29 is 13.9 Å². The molecule has 2 aliphatic heterocycles. The van der Waals surface area contributed by atoms with Crippen molar-refractivity contribution in [2.24, 2.45) is 4.99 Å². The molecule has 4 aromatic rings. The Hall–Kier alpha value is -4.53. The van der Waals surface area contributed by atoms with Crippen molar-refractivity contribution in [1.82, 2.24) is 25.1 Å². The number of amides is 1. The summed E-state index contributed by atoms with van der Waals surface area (Å²) < 4.78 is 10.9. The molecule has 2 aromatic heterocycles. The third-order valence-corrected chi connectivity index (χ3v) is 7.49. The van der Waals surface area contributed by atoms with Crippen LogP contribution in [0.2, 0.25) is 0 Å². The van der Waals surface area contributed by atoms with Gasteiger partial charge in [-0.1, -0.05) is 30.3 Å². The minimum atomic E-state index is -0.970. The third kappa shape index (κ3) is 5.06. The van der Waals surface area contributed by atoms with Crippen molar-refractivity contribution in [3.63, 3.8) is 0 Å². The number of carbonyl (C=O) groups excluding carboxylic acids is 1. The SMILES string of the molecule is COc1ncc2c3c4cc(c#coc2n1)ccc4N(C)C(=O)C(NC(=S)N1CCN(Cc2ccccc2)CC1)N=3. The zero-order chi connectivity index (χ0) is 27.6. The van der Waals surface area contributed by atoms with Crippen molar-refractivity contribution in [3.05, 3.63) is 78.0 Å². The fourth-order valence-electron chi connectivity index (χ4n) is 4.94. The lowest BCUT2D eigenvalue weighted by atomic mass is 10.1. The largest absolute Gasteiger partial charge is 0.467 e. The number of nitrogens with one attached hydrogen (secondary N) is 1. The smallest absolute Gasteiger partial charge is 0.319 e. The fraction of sp³-hybridized carbons (Fsp3) is 0.276. The molecule has 6 rings (SSSR count). The number of fused-ring (bicyclic) bond motifs is 3. The van der Waals surface area contributed by atoms with E-state index in [0.717, 1.165) is 38.1 Å². The second kappa shape index (κ2) is 10.9. The maximum absolute atomic E-state index is 13.7. The molecule has 0 radical (unpaired) electrons. The van der Waals surface area contributed by atoms with Crippen LogP contribution >= 0.6 is 12.2 Å². The van der Waals surface area contributed by atoms with E-state index in [-0.39, 0.29) is 17.6 Å². The highest BCUT2D eigenvalue weighted by molar-refractivity contribution is 7.80. The number of hydrogen-bond acceptors (Lipinski definition) is 8. The van der Waals surface area contributed by atoms with Crippen molar-refractivity contribution >= 4 is 50.8 Å². The number of nitrogens with zero attached hydrogens (tertiary/aromatic N) is 6. The van der Waals surface area contributed by atoms with E-state index in [1.54, 1.807) is 18.1 Å². The first-order valence-corrected chi connectivity index (χ1v) is 13.3. The molecular weight excluding hydrogens is 526 g/mol. The molecular formula is C29H27N7O3S. The summed E-state index contributed by atoms with van der Waals surface area (Å²) in [5.74, 6) is -0.242. The molecule has 1 unspecified atom stereocenters. The van der Waals surface area contributed by atoms with E-state index in [2.05, 4.69) is 61.7 Å². The number of thiocarbonyl (C=S) groups is 1. The summed E-state index contributed by atoms with van der Waals surface area (Å²) in [6.07, 6.45) is 3.29. The van der Waals surface area contributed by atoms with Crippen molar-refractivity contribution in [2.45, 2.75) is 12.7 Å². The number of benzene rings is 2. The van der Waals surface area contributed by atoms with Gasteiger partial charge < -0.3 is 24.3 Å². The van der Waals surface area contributed by atoms with Gasteiger partial charge >= 0.3 is 6.01 Å². The topological polar surface area (TPSA) is 99.3 Å². The van der Waals surface area contributed by atoms with Gasteiger partial charge in [0, 0.05) is 56.7 Å². The molecule has 202 valence electrons. The van der Waals surface area contributed by atoms with Gasteiger partial charge in [-0.15, -0.1) is 0 Å². The van der Waals surface area contributed by atoms with Crippen LogP contribution in [0.3, 0.4) is 0 Å². The summed E-state index contributed by atoms with van der Waals surface area (Å²) in [6, 6.07) is 19.1. The molecule has 1 N–H and O–H groups in total. The summed E-state index contributed by atoms with van der Waals surface area (Å²) >= 11 is 5.78. The number of rotatable bonds is 4. The first-order chi connectivity index (χ1) is 19.5. The molecule has 2 aliphatic rings. The number of piperazine rings is 1. The lowest BCUT2D eigenvalue weighted by Gasteiger charge is -2.36. The highest BCUT2D eigenvalue weighted by Crippen LogP contribution is 2.24. The van der Waals surface area contributed by atoms with E-state index >= 15 is 0 Å². The Morgan fingerprint density at radius 1 is 1.15 bits per heavy atom. The second-order valence-electron chi connectivity index (χ2n) is 9.61. The van der Waals surface area contributed by atoms with Crippen LogP contribution in [-0.2, 0) is 11.3 Å². The molecule has 1 amide bonds. The van der Waals surface area contributed by atoms with E-state index in [1.807, 2.05) is 24.3 Å². The lowest BCUT2D eigenvalue weighted by Crippen LogP contribution is -2.55. The Bertz CT molecular complexity index is 1680. The Labute approximate surface area is 236 Å². The molecule has 1 fully saturated rings. The summed E-state index contributed by atoms with van der Waals surface area (Å²) in [6.45, 7) is 4.12. The van der Waals surface area contributed by atoms with Crippen LogP contribution in [0.25, 0.3) is 21.9 Å². The van der Waals surface area contributed by atoms with E-state index < -0.39 is 6.17 Å². The first-order valence-electron chi connectivity index (χ1n) is 12.9. The zero-order valence-corrected chi connectivity index (χ0v) is 22.9. The molecule has 4 heterocycles. The van der Waals surface area contributed by atoms with Gasteiger partial charge in [0.2, 0.25) is 11.9 Å². The van der Waals surface area contributed by atoms with Crippen LogP contribution in [0.5, 0.6) is 6.01 Å². The van der Waals surface area contributed by atoms with Crippen molar-refractivity contribution in [1.29, 1.82) is 0 Å². The molecule has 11 heteroatoms. The third-order valence-electron chi connectivity index (χ3n) is 7.12. The van der Waals surface area contributed by atoms with Crippen LogP contribution in [0, 0.1) is 12.3 Å². The first kappa shape index (κ1) is 25.7. The van der Waals surface area contributed by atoms with Gasteiger partial charge in [0.05, 0.1) is 23.5 Å². The predicted octanol–water partition coefficient (Wildman–Crippen LogP) is 2.44. The molecule has 0 aliphatic carbocycles. The van der Waals surface area contributed by atoms with Crippen molar-refractivity contribution in [2.75, 3.05) is 45.2 Å². The Balaban J connectivity index is 1.33. The van der Waals surface area contributed by atoms with Gasteiger partial charge in [-0.25, -0.2) is 9.98 Å². The van der Waals surface area contributed by atoms with Crippen LogP contribution in [-0.4, -0.2) is 77.3 Å². The fourth-order valence-corrected chi connectivity index (χ4v) is 5.24. The number of carbonyl (C=O) groups is 1. The Morgan fingerprint density at radius 3 is 2.73 bits per heavy atom. The predicted molar refractivity (Wildman–Crippen MR) is 154 cm³/mol. The molecule has 0 spiro atoms. The van der Waals surface area contributed by atoms with E-state index in [9.17, 15) is 4.79 Å². The molecule has 1 saturated heterocycles. The van der Waals surface area contributed by atoms with Crippen LogP contribution in [0.15, 0.2) is 64.1 Å². The number of aromatic nitrogens is 2. The van der Waals surface area contributed by atoms with E-state index in [0.29, 0.717) is 26.9 Å². The average Bonchev–Trinajstić information content (AvgIpc) is 3.04. The normalized spacial score (nSPS) is 17.1. The average molecular weight is 554 g/mol. The molecule has 2 bridgehead atoms. The van der Waals surface area contributed by atoms with Gasteiger partial charge in [0.25, 0.3) is 5.91 Å². The van der Waals surface area contributed by atoms with Gasteiger partial charge in [0.15, 0.2) is 5.11 Å². The molecule has 0 saturated carbocycles. The number of methoxy groups -OCH3 is 1. The monoisotopic (exact) mass is 553 g/mol. The van der Waals surface area contributed by atoms with Crippen molar-refractivity contribution in [3.8, 4) is 6.01 Å². The standard InChI is InChI=1S/C29H27N7O3S/c1-34-23-9-8-19-10-15-39-26-22(17-30-28(33-26)38-2)24(21(23)16-19)31-25(27(34)37)32-29(40)36-13-11-35(12-14-36)18-20-6-4-3-5-7-20/h3-9,16-17,25H,11-14,18H2,1-2H3,(H,32,40). The zero-order valence-electron chi connectivity index (χ0n) is 22.1. The van der Waals surface area contributed by atoms with Crippen LogP contribution in [0.4, 0.5) is 5.69 Å². The molecule has 10 nitrogen and oxygen atoms in total. The highest BCUT2D eigenvalue weighted by Gasteiger charge is 2.29. The van der Waals surface area contributed by atoms with Gasteiger partial charge in [-0.05, 0) is 42.0 Å². The minimum absolute atomic E-state index is 0.136. The minimum Gasteiger partial charge on any atom is -0.467 e. The van der Waals surface area contributed by atoms with E-state index in [4.69, 9.17) is 26.4 Å². The lowest BCUT2D eigenvalue weighted by molar-refractivity contribution is -0.119. The highest BCUT2D eigenvalue weighted by atomic mass is 32.1.